The molecule has 33 heavy (non-hydrogen) atoms. The Morgan fingerprint density at radius 3 is 2.21 bits per heavy atom. The summed E-state index contributed by atoms with van der Waals surface area (Å²) in [6.45, 7) is 4.27. The Balaban J connectivity index is 1.29. The summed E-state index contributed by atoms with van der Waals surface area (Å²) in [5, 5.41) is 5.31. The van der Waals surface area contributed by atoms with Crippen LogP contribution in [0, 0.1) is 0 Å². The zero-order chi connectivity index (χ0) is 23.2. The molecule has 0 unspecified atom stereocenters. The van der Waals surface area contributed by atoms with E-state index in [9.17, 15) is 4.79 Å². The quantitative estimate of drug-likeness (QED) is 0.593. The van der Waals surface area contributed by atoms with Crippen molar-refractivity contribution in [1.82, 2.24) is 15.1 Å². The van der Waals surface area contributed by atoms with Gasteiger partial charge < -0.3 is 24.4 Å². The standard InChI is InChI=1S/C26H31N3O4/c1-31-23-7-6-20-14-19(4-5-21(20)15-23)17-27-26(30)29-12-10-28(11-13-29)18-22-16-24(32-2)8-9-25(22)33-3/h4-9,14-16H,10-13,17-18H2,1-3H3,(H,27,30). The monoisotopic (exact) mass is 449 g/mol. The molecule has 3 aromatic carbocycles. The Labute approximate surface area is 194 Å². The van der Waals surface area contributed by atoms with Gasteiger partial charge in [0.15, 0.2) is 0 Å². The van der Waals surface area contributed by atoms with Crippen molar-refractivity contribution in [3.63, 3.8) is 0 Å². The van der Waals surface area contributed by atoms with Gasteiger partial charge in [-0.1, -0.05) is 18.2 Å². The molecule has 0 aliphatic carbocycles. The summed E-state index contributed by atoms with van der Waals surface area (Å²) in [6, 6.07) is 18.0. The normalized spacial score (nSPS) is 14.2. The highest BCUT2D eigenvalue weighted by Crippen LogP contribution is 2.26. The number of fused-ring (bicyclic) bond motifs is 1. The van der Waals surface area contributed by atoms with Crippen LogP contribution in [0.3, 0.4) is 0 Å². The first kappa shape index (κ1) is 22.7. The van der Waals surface area contributed by atoms with Crippen LogP contribution in [0.15, 0.2) is 54.6 Å². The second kappa shape index (κ2) is 10.4. The van der Waals surface area contributed by atoms with Crippen LogP contribution in [-0.4, -0.2) is 63.3 Å². The Bertz CT molecular complexity index is 1110. The molecule has 1 aliphatic rings. The molecule has 174 valence electrons. The maximum atomic E-state index is 12.7. The first-order valence-corrected chi connectivity index (χ1v) is 11.1. The molecule has 1 heterocycles. The highest BCUT2D eigenvalue weighted by Gasteiger charge is 2.22. The summed E-state index contributed by atoms with van der Waals surface area (Å²) in [6.07, 6.45) is 0. The summed E-state index contributed by atoms with van der Waals surface area (Å²) in [5.41, 5.74) is 2.16. The van der Waals surface area contributed by atoms with Gasteiger partial charge in [0.2, 0.25) is 0 Å². The van der Waals surface area contributed by atoms with Crippen molar-refractivity contribution in [3.8, 4) is 17.2 Å². The van der Waals surface area contributed by atoms with Crippen LogP contribution in [0.5, 0.6) is 17.2 Å². The number of hydrogen-bond donors (Lipinski definition) is 1. The second-order valence-corrected chi connectivity index (χ2v) is 8.15. The predicted molar refractivity (Wildman–Crippen MR) is 129 cm³/mol. The van der Waals surface area contributed by atoms with Gasteiger partial charge in [0.05, 0.1) is 21.3 Å². The number of piperazine rings is 1. The van der Waals surface area contributed by atoms with E-state index in [2.05, 4.69) is 22.3 Å². The number of hydrogen-bond acceptors (Lipinski definition) is 5. The number of methoxy groups -OCH3 is 3. The van der Waals surface area contributed by atoms with Gasteiger partial charge in [0.25, 0.3) is 0 Å². The third-order valence-corrected chi connectivity index (χ3v) is 6.10. The summed E-state index contributed by atoms with van der Waals surface area (Å²) >= 11 is 0. The molecule has 2 amide bonds. The van der Waals surface area contributed by atoms with E-state index in [1.54, 1.807) is 21.3 Å². The van der Waals surface area contributed by atoms with Crippen LogP contribution < -0.4 is 19.5 Å². The molecule has 1 N–H and O–H groups in total. The van der Waals surface area contributed by atoms with E-state index in [1.807, 2.05) is 47.4 Å². The van der Waals surface area contributed by atoms with Gasteiger partial charge in [-0.15, -0.1) is 0 Å². The van der Waals surface area contributed by atoms with E-state index in [4.69, 9.17) is 14.2 Å². The highest BCUT2D eigenvalue weighted by molar-refractivity contribution is 5.84. The number of urea groups is 1. The molecule has 1 aliphatic heterocycles. The van der Waals surface area contributed by atoms with Gasteiger partial charge in [0.1, 0.15) is 17.2 Å². The fourth-order valence-corrected chi connectivity index (χ4v) is 4.16. The molecular formula is C26H31N3O4. The van der Waals surface area contributed by atoms with Crippen molar-refractivity contribution in [2.75, 3.05) is 47.5 Å². The van der Waals surface area contributed by atoms with E-state index in [0.29, 0.717) is 19.6 Å². The average Bonchev–Trinajstić information content (AvgIpc) is 2.87. The van der Waals surface area contributed by atoms with Crippen molar-refractivity contribution < 1.29 is 19.0 Å². The van der Waals surface area contributed by atoms with E-state index < -0.39 is 0 Å². The predicted octanol–water partition coefficient (Wildman–Crippen LogP) is 3.89. The molecule has 0 bridgehead atoms. The topological polar surface area (TPSA) is 63.3 Å². The van der Waals surface area contributed by atoms with Gasteiger partial charge in [-0.3, -0.25) is 4.90 Å². The smallest absolute Gasteiger partial charge is 0.317 e. The molecule has 1 saturated heterocycles. The fraction of sp³-hybridized carbons (Fsp3) is 0.346. The van der Waals surface area contributed by atoms with E-state index in [-0.39, 0.29) is 6.03 Å². The van der Waals surface area contributed by atoms with Crippen LogP contribution in [0.1, 0.15) is 11.1 Å². The number of ether oxygens (including phenoxy) is 3. The number of rotatable bonds is 7. The van der Waals surface area contributed by atoms with Crippen molar-refractivity contribution in [2.45, 2.75) is 13.1 Å². The van der Waals surface area contributed by atoms with Crippen LogP contribution in [0.25, 0.3) is 10.8 Å². The van der Waals surface area contributed by atoms with Crippen LogP contribution in [0.4, 0.5) is 4.79 Å². The van der Waals surface area contributed by atoms with Crippen molar-refractivity contribution in [3.05, 3.63) is 65.7 Å². The van der Waals surface area contributed by atoms with Crippen molar-refractivity contribution >= 4 is 16.8 Å². The number of carbonyl (C=O) groups excluding carboxylic acids is 1. The lowest BCUT2D eigenvalue weighted by Gasteiger charge is -2.35. The van der Waals surface area contributed by atoms with Gasteiger partial charge in [-0.05, 0) is 52.7 Å². The maximum absolute atomic E-state index is 12.7. The summed E-state index contributed by atoms with van der Waals surface area (Å²) in [7, 11) is 5.01. The summed E-state index contributed by atoms with van der Waals surface area (Å²) in [4.78, 5) is 16.9. The van der Waals surface area contributed by atoms with Crippen molar-refractivity contribution in [1.29, 1.82) is 0 Å². The van der Waals surface area contributed by atoms with Gasteiger partial charge >= 0.3 is 6.03 Å². The SMILES string of the molecule is COc1ccc(OC)c(CN2CCN(C(=O)NCc3ccc4cc(OC)ccc4c3)CC2)c1. The molecule has 0 radical (unpaired) electrons. The van der Waals surface area contributed by atoms with Crippen LogP contribution >= 0.6 is 0 Å². The number of carbonyl (C=O) groups is 1. The highest BCUT2D eigenvalue weighted by atomic mass is 16.5. The number of amides is 2. The molecule has 4 rings (SSSR count). The first-order valence-electron chi connectivity index (χ1n) is 11.1. The third kappa shape index (κ3) is 5.49. The fourth-order valence-electron chi connectivity index (χ4n) is 4.16. The Morgan fingerprint density at radius 2 is 1.48 bits per heavy atom. The number of nitrogens with one attached hydrogen (secondary N) is 1. The first-order chi connectivity index (χ1) is 16.1. The largest absolute Gasteiger partial charge is 0.497 e. The minimum absolute atomic E-state index is 0.0246. The Morgan fingerprint density at radius 1 is 0.818 bits per heavy atom. The molecule has 0 spiro atoms. The van der Waals surface area contributed by atoms with Gasteiger partial charge in [-0.25, -0.2) is 4.79 Å². The number of benzene rings is 3. The molecule has 0 atom stereocenters. The molecule has 1 fully saturated rings. The van der Waals surface area contributed by atoms with Crippen LogP contribution in [-0.2, 0) is 13.1 Å². The second-order valence-electron chi connectivity index (χ2n) is 8.15. The molecule has 7 nitrogen and oxygen atoms in total. The Kier molecular flexibility index (Phi) is 7.19. The lowest BCUT2D eigenvalue weighted by molar-refractivity contribution is 0.134. The zero-order valence-electron chi connectivity index (χ0n) is 19.5. The molecule has 0 saturated carbocycles. The molecular weight excluding hydrogens is 418 g/mol. The van der Waals surface area contributed by atoms with Gasteiger partial charge in [-0.2, -0.15) is 0 Å². The minimum Gasteiger partial charge on any atom is -0.497 e. The lowest BCUT2D eigenvalue weighted by atomic mass is 10.1. The van der Waals surface area contributed by atoms with E-state index in [0.717, 1.165) is 58.8 Å². The summed E-state index contributed by atoms with van der Waals surface area (Å²) in [5.74, 6) is 2.51. The van der Waals surface area contributed by atoms with E-state index in [1.165, 1.54) is 0 Å². The summed E-state index contributed by atoms with van der Waals surface area (Å²) < 4.78 is 16.1. The minimum atomic E-state index is -0.0246. The van der Waals surface area contributed by atoms with E-state index >= 15 is 0 Å². The van der Waals surface area contributed by atoms with Crippen molar-refractivity contribution in [2.24, 2.45) is 0 Å². The van der Waals surface area contributed by atoms with Crippen LogP contribution in [0.2, 0.25) is 0 Å². The van der Waals surface area contributed by atoms with Gasteiger partial charge in [0, 0.05) is 44.8 Å². The molecule has 7 heteroatoms. The molecule has 3 aromatic rings. The average molecular weight is 450 g/mol. The molecule has 0 aromatic heterocycles. The number of nitrogens with zero attached hydrogens (tertiary/aromatic N) is 2. The third-order valence-electron chi connectivity index (χ3n) is 6.10. The maximum Gasteiger partial charge on any atom is 0.317 e. The Hall–Kier alpha value is -3.45. The zero-order valence-corrected chi connectivity index (χ0v) is 19.5. The lowest BCUT2D eigenvalue weighted by Crippen LogP contribution is -2.51.